The number of aromatic nitrogens is 2. The van der Waals surface area contributed by atoms with Gasteiger partial charge in [-0.3, -0.25) is 9.36 Å². The average Bonchev–Trinajstić information content (AvgIpc) is 2.73. The molecular weight excluding hydrogens is 364 g/mol. The second-order valence-electron chi connectivity index (χ2n) is 6.73. The molecule has 0 aliphatic rings. The van der Waals surface area contributed by atoms with Crippen molar-refractivity contribution in [3.05, 3.63) is 94.0 Å². The third-order valence-corrected chi connectivity index (χ3v) is 4.69. The Hall–Kier alpha value is -3.86. The van der Waals surface area contributed by atoms with E-state index in [2.05, 4.69) is 0 Å². The van der Waals surface area contributed by atoms with E-state index in [9.17, 15) is 9.90 Å². The summed E-state index contributed by atoms with van der Waals surface area (Å²) in [5.74, 6) is 0.978. The number of hydrogen-bond acceptors (Lipinski definition) is 4. The standard InChI is InChI=1S/C24H20N2O3/c1-16-6-5-7-18(14-16)26-23(25-20-9-4-3-8-19(20)24(26)28)13-11-17-10-12-21(27)22(15-17)29-2/h3-15,27H,1-2H3/b13-11+. The lowest BCUT2D eigenvalue weighted by Gasteiger charge is -2.12. The first-order chi connectivity index (χ1) is 14.1. The van der Waals surface area contributed by atoms with E-state index in [0.717, 1.165) is 16.8 Å². The molecule has 4 aromatic rings. The van der Waals surface area contributed by atoms with Crippen molar-refractivity contribution in [2.45, 2.75) is 6.92 Å². The van der Waals surface area contributed by atoms with Crippen molar-refractivity contribution < 1.29 is 9.84 Å². The van der Waals surface area contributed by atoms with Crippen LogP contribution >= 0.6 is 0 Å². The number of phenols is 1. The van der Waals surface area contributed by atoms with Crippen LogP contribution in [0.1, 0.15) is 17.0 Å². The molecule has 0 aliphatic heterocycles. The van der Waals surface area contributed by atoms with Crippen LogP contribution in [0.2, 0.25) is 0 Å². The highest BCUT2D eigenvalue weighted by Gasteiger charge is 2.11. The van der Waals surface area contributed by atoms with Gasteiger partial charge in [-0.15, -0.1) is 0 Å². The monoisotopic (exact) mass is 384 g/mol. The minimum absolute atomic E-state index is 0.0742. The summed E-state index contributed by atoms with van der Waals surface area (Å²) < 4.78 is 6.78. The van der Waals surface area contributed by atoms with Gasteiger partial charge in [0.2, 0.25) is 0 Å². The molecule has 3 aromatic carbocycles. The lowest BCUT2D eigenvalue weighted by Crippen LogP contribution is -2.22. The molecule has 0 bridgehead atoms. The first-order valence-electron chi connectivity index (χ1n) is 9.21. The van der Waals surface area contributed by atoms with Gasteiger partial charge in [0.25, 0.3) is 5.56 Å². The van der Waals surface area contributed by atoms with E-state index in [0.29, 0.717) is 22.5 Å². The van der Waals surface area contributed by atoms with Gasteiger partial charge in [0, 0.05) is 0 Å². The summed E-state index contributed by atoms with van der Waals surface area (Å²) in [5.41, 5.74) is 3.16. The van der Waals surface area contributed by atoms with E-state index in [1.54, 1.807) is 34.9 Å². The summed E-state index contributed by atoms with van der Waals surface area (Å²) >= 11 is 0. The third kappa shape index (κ3) is 3.62. The van der Waals surface area contributed by atoms with Crippen molar-refractivity contribution in [3.63, 3.8) is 0 Å². The van der Waals surface area contributed by atoms with Crippen molar-refractivity contribution in [1.82, 2.24) is 9.55 Å². The first-order valence-corrected chi connectivity index (χ1v) is 9.21. The summed E-state index contributed by atoms with van der Waals surface area (Å²) in [5, 5.41) is 10.4. The summed E-state index contributed by atoms with van der Waals surface area (Å²) in [6.07, 6.45) is 3.63. The number of para-hydroxylation sites is 1. The van der Waals surface area contributed by atoms with Crippen LogP contribution in [-0.4, -0.2) is 21.8 Å². The maximum absolute atomic E-state index is 13.3. The van der Waals surface area contributed by atoms with Crippen LogP contribution in [0.4, 0.5) is 0 Å². The molecule has 0 spiro atoms. The van der Waals surface area contributed by atoms with E-state index in [1.807, 2.05) is 55.5 Å². The highest BCUT2D eigenvalue weighted by atomic mass is 16.5. The second-order valence-corrected chi connectivity index (χ2v) is 6.73. The quantitative estimate of drug-likeness (QED) is 0.559. The van der Waals surface area contributed by atoms with Gasteiger partial charge in [-0.25, -0.2) is 4.98 Å². The Kier molecular flexibility index (Phi) is 4.87. The predicted octanol–water partition coefficient (Wildman–Crippen LogP) is 4.58. The van der Waals surface area contributed by atoms with Crippen LogP contribution in [0.15, 0.2) is 71.5 Å². The van der Waals surface area contributed by atoms with Crippen LogP contribution in [-0.2, 0) is 0 Å². The number of methoxy groups -OCH3 is 1. The zero-order chi connectivity index (χ0) is 20.4. The molecule has 0 unspecified atom stereocenters. The number of aryl methyl sites for hydroxylation is 1. The minimum atomic E-state index is -0.121. The number of benzene rings is 3. The molecule has 0 aliphatic carbocycles. The van der Waals surface area contributed by atoms with E-state index in [1.165, 1.54) is 7.11 Å². The Balaban J connectivity index is 1.91. The number of ether oxygens (including phenoxy) is 1. The van der Waals surface area contributed by atoms with Crippen molar-refractivity contribution in [1.29, 1.82) is 0 Å². The molecule has 5 nitrogen and oxygen atoms in total. The second kappa shape index (κ2) is 7.64. The van der Waals surface area contributed by atoms with Gasteiger partial charge in [-0.05, 0) is 60.5 Å². The third-order valence-electron chi connectivity index (χ3n) is 4.69. The molecule has 144 valence electrons. The smallest absolute Gasteiger partial charge is 0.266 e. The fourth-order valence-electron chi connectivity index (χ4n) is 3.25. The van der Waals surface area contributed by atoms with Gasteiger partial charge in [-0.1, -0.05) is 36.4 Å². The van der Waals surface area contributed by atoms with Gasteiger partial charge in [0.15, 0.2) is 11.5 Å². The number of rotatable bonds is 4. The molecule has 0 saturated carbocycles. The molecule has 1 aromatic heterocycles. The Labute approximate surface area is 168 Å². The largest absolute Gasteiger partial charge is 0.504 e. The zero-order valence-electron chi connectivity index (χ0n) is 16.2. The topological polar surface area (TPSA) is 64.3 Å². The number of phenolic OH excluding ortho intramolecular Hbond substituents is 1. The maximum atomic E-state index is 13.3. The Bertz CT molecular complexity index is 1290. The number of fused-ring (bicyclic) bond motifs is 1. The predicted molar refractivity (Wildman–Crippen MR) is 116 cm³/mol. The molecule has 29 heavy (non-hydrogen) atoms. The van der Waals surface area contributed by atoms with Crippen LogP contribution < -0.4 is 10.3 Å². The highest BCUT2D eigenvalue weighted by Crippen LogP contribution is 2.27. The van der Waals surface area contributed by atoms with Crippen LogP contribution in [0, 0.1) is 6.92 Å². The van der Waals surface area contributed by atoms with E-state index < -0.39 is 0 Å². The molecule has 0 atom stereocenters. The van der Waals surface area contributed by atoms with Gasteiger partial charge in [0.1, 0.15) is 5.82 Å². The van der Waals surface area contributed by atoms with E-state index in [-0.39, 0.29) is 11.3 Å². The van der Waals surface area contributed by atoms with Gasteiger partial charge in [-0.2, -0.15) is 0 Å². The van der Waals surface area contributed by atoms with Crippen molar-refractivity contribution >= 4 is 23.1 Å². The lowest BCUT2D eigenvalue weighted by molar-refractivity contribution is 0.373. The number of aromatic hydroxyl groups is 1. The van der Waals surface area contributed by atoms with Crippen LogP contribution in [0.3, 0.4) is 0 Å². The number of hydrogen-bond donors (Lipinski definition) is 1. The zero-order valence-corrected chi connectivity index (χ0v) is 16.2. The van der Waals surface area contributed by atoms with Crippen molar-refractivity contribution in [2.24, 2.45) is 0 Å². The maximum Gasteiger partial charge on any atom is 0.266 e. The Morgan fingerprint density at radius 1 is 1.00 bits per heavy atom. The van der Waals surface area contributed by atoms with Gasteiger partial charge in [0.05, 0.1) is 23.7 Å². The SMILES string of the molecule is COc1cc(/C=C/c2nc3ccccc3c(=O)n2-c2cccc(C)c2)ccc1O. The fourth-order valence-corrected chi connectivity index (χ4v) is 3.25. The summed E-state index contributed by atoms with van der Waals surface area (Å²) in [6.45, 7) is 1.99. The molecule has 1 heterocycles. The summed E-state index contributed by atoms with van der Waals surface area (Å²) in [4.78, 5) is 18.0. The van der Waals surface area contributed by atoms with Gasteiger partial charge >= 0.3 is 0 Å². The molecular formula is C24H20N2O3. The molecule has 0 radical (unpaired) electrons. The van der Waals surface area contributed by atoms with Crippen LogP contribution in [0.5, 0.6) is 11.5 Å². The number of nitrogens with zero attached hydrogens (tertiary/aromatic N) is 2. The average molecular weight is 384 g/mol. The first kappa shape index (κ1) is 18.5. The van der Waals surface area contributed by atoms with Gasteiger partial charge < -0.3 is 9.84 Å². The molecule has 0 fully saturated rings. The lowest BCUT2D eigenvalue weighted by atomic mass is 10.1. The highest BCUT2D eigenvalue weighted by molar-refractivity contribution is 5.80. The molecule has 4 rings (SSSR count). The molecule has 5 heteroatoms. The minimum Gasteiger partial charge on any atom is -0.504 e. The summed E-state index contributed by atoms with van der Waals surface area (Å²) in [6, 6.07) is 20.1. The van der Waals surface area contributed by atoms with E-state index in [4.69, 9.17) is 9.72 Å². The molecule has 0 amide bonds. The summed E-state index contributed by atoms with van der Waals surface area (Å²) in [7, 11) is 1.50. The fraction of sp³-hybridized carbons (Fsp3) is 0.0833. The van der Waals surface area contributed by atoms with E-state index >= 15 is 0 Å². The normalized spacial score (nSPS) is 11.2. The Morgan fingerprint density at radius 2 is 1.83 bits per heavy atom. The Morgan fingerprint density at radius 3 is 2.62 bits per heavy atom. The van der Waals surface area contributed by atoms with Crippen molar-refractivity contribution in [2.75, 3.05) is 7.11 Å². The molecule has 1 N–H and O–H groups in total. The van der Waals surface area contributed by atoms with Crippen LogP contribution in [0.25, 0.3) is 28.7 Å². The molecule has 0 saturated heterocycles. The van der Waals surface area contributed by atoms with Crippen molar-refractivity contribution in [3.8, 4) is 17.2 Å².